The quantitative estimate of drug-likeness (QED) is 0.417. The molecule has 0 bridgehead atoms. The second-order valence-corrected chi connectivity index (χ2v) is 7.45. The van der Waals surface area contributed by atoms with Crippen molar-refractivity contribution in [2.45, 2.75) is 13.1 Å². The summed E-state index contributed by atoms with van der Waals surface area (Å²) in [6.45, 7) is 1.94. The molecule has 1 amide bonds. The van der Waals surface area contributed by atoms with E-state index in [4.69, 9.17) is 0 Å². The third-order valence-electron chi connectivity index (χ3n) is 4.00. The molecule has 3 aromatic carbocycles. The van der Waals surface area contributed by atoms with Gasteiger partial charge in [0.05, 0.1) is 11.3 Å². The molecule has 0 spiro atoms. The normalized spacial score (nSPS) is 11.6. The lowest BCUT2D eigenvalue weighted by Crippen LogP contribution is -2.14. The first-order valence-corrected chi connectivity index (χ1v) is 9.13. The van der Waals surface area contributed by atoms with Crippen molar-refractivity contribution in [1.82, 2.24) is 0 Å². The van der Waals surface area contributed by atoms with Gasteiger partial charge in [0, 0.05) is 14.5 Å². The Morgan fingerprint density at radius 2 is 1.62 bits per heavy atom. The molecule has 3 rings (SSSR count). The average molecular weight is 487 g/mol. The molecule has 3 aromatic rings. The average Bonchev–Trinajstić information content (AvgIpc) is 2.56. The molecular weight excluding hydrogens is 475 g/mol. The molecule has 7 heteroatoms. The van der Waals surface area contributed by atoms with Gasteiger partial charge in [-0.25, -0.2) is 0 Å². The number of fused-ring (bicyclic) bond motifs is 1. The van der Waals surface area contributed by atoms with E-state index in [1.807, 2.05) is 37.3 Å². The molecule has 0 fully saturated rings. The summed E-state index contributed by atoms with van der Waals surface area (Å²) in [6, 6.07) is 13.1. The van der Waals surface area contributed by atoms with Gasteiger partial charge in [0.1, 0.15) is 0 Å². The van der Waals surface area contributed by atoms with Crippen molar-refractivity contribution < 1.29 is 18.0 Å². The summed E-state index contributed by atoms with van der Waals surface area (Å²) in [5.74, 6) is -0.475. The first-order valence-electron chi connectivity index (χ1n) is 7.54. The molecule has 0 radical (unpaired) electrons. The monoisotopic (exact) mass is 485 g/mol. The van der Waals surface area contributed by atoms with Crippen LogP contribution in [0.1, 0.15) is 21.5 Å². The second kappa shape index (κ2) is 7.04. The smallest absolute Gasteiger partial charge is 0.321 e. The minimum absolute atomic E-state index is 0.0511. The van der Waals surface area contributed by atoms with Gasteiger partial charge in [0.25, 0.3) is 5.91 Å². The molecule has 2 nitrogen and oxygen atoms in total. The Labute approximate surface area is 164 Å². The van der Waals surface area contributed by atoms with Crippen LogP contribution in [0.3, 0.4) is 0 Å². The fourth-order valence-electron chi connectivity index (χ4n) is 2.70. The number of aryl methyl sites for hydroxylation is 1. The number of hydrogen-bond donors (Lipinski definition) is 1. The molecule has 0 aromatic heterocycles. The minimum atomic E-state index is -4.53. The van der Waals surface area contributed by atoms with E-state index in [1.165, 1.54) is 6.07 Å². The van der Waals surface area contributed by atoms with Crippen LogP contribution in [0.5, 0.6) is 0 Å². The summed E-state index contributed by atoms with van der Waals surface area (Å²) in [4.78, 5) is 12.7. The van der Waals surface area contributed by atoms with Crippen LogP contribution in [0.4, 0.5) is 18.9 Å². The summed E-state index contributed by atoms with van der Waals surface area (Å²) < 4.78 is 39.6. The van der Waals surface area contributed by atoms with E-state index in [0.29, 0.717) is 10.0 Å². The van der Waals surface area contributed by atoms with Crippen LogP contribution in [-0.2, 0) is 6.18 Å². The predicted octanol–water partition coefficient (Wildman–Crippen LogP) is 6.94. The molecular formula is C19H12Br2F3NO. The zero-order valence-electron chi connectivity index (χ0n) is 13.4. The van der Waals surface area contributed by atoms with Crippen LogP contribution in [0.25, 0.3) is 10.8 Å². The highest BCUT2D eigenvalue weighted by atomic mass is 79.9. The van der Waals surface area contributed by atoms with Crippen molar-refractivity contribution in [1.29, 1.82) is 0 Å². The van der Waals surface area contributed by atoms with Crippen LogP contribution < -0.4 is 5.32 Å². The zero-order valence-corrected chi connectivity index (χ0v) is 16.6. The number of halogens is 5. The van der Waals surface area contributed by atoms with Gasteiger partial charge >= 0.3 is 6.18 Å². The van der Waals surface area contributed by atoms with Gasteiger partial charge in [-0.1, -0.05) is 46.3 Å². The van der Waals surface area contributed by atoms with Crippen LogP contribution in [0.2, 0.25) is 0 Å². The number of carbonyl (C=O) groups is 1. The fraction of sp³-hybridized carbons (Fsp3) is 0.105. The maximum atomic E-state index is 13.1. The maximum absolute atomic E-state index is 13.1. The molecule has 0 atom stereocenters. The van der Waals surface area contributed by atoms with Gasteiger partial charge in [-0.2, -0.15) is 13.2 Å². The van der Waals surface area contributed by atoms with Crippen LogP contribution in [0.15, 0.2) is 57.5 Å². The SMILES string of the molecule is Cc1ccc(C(=O)Nc2cc(C(F)(F)F)c(Br)cc2Br)c2ccccc12. The van der Waals surface area contributed by atoms with Crippen molar-refractivity contribution in [2.24, 2.45) is 0 Å². The molecule has 1 N–H and O–H groups in total. The van der Waals surface area contributed by atoms with Gasteiger partial charge in [0.2, 0.25) is 0 Å². The number of hydrogen-bond acceptors (Lipinski definition) is 1. The van der Waals surface area contributed by atoms with Crippen molar-refractivity contribution in [3.05, 3.63) is 74.2 Å². The summed E-state index contributed by atoms with van der Waals surface area (Å²) in [5, 5.41) is 4.24. The highest BCUT2D eigenvalue weighted by Gasteiger charge is 2.34. The molecule has 26 heavy (non-hydrogen) atoms. The lowest BCUT2D eigenvalue weighted by molar-refractivity contribution is -0.138. The molecule has 0 unspecified atom stereocenters. The summed E-state index contributed by atoms with van der Waals surface area (Å²) in [7, 11) is 0. The van der Waals surface area contributed by atoms with E-state index < -0.39 is 17.6 Å². The highest BCUT2D eigenvalue weighted by Crippen LogP contribution is 2.39. The number of anilines is 1. The van der Waals surface area contributed by atoms with Gasteiger partial charge < -0.3 is 5.32 Å². The van der Waals surface area contributed by atoms with Gasteiger partial charge in [-0.15, -0.1) is 0 Å². The Hall–Kier alpha value is -1.86. The Balaban J connectivity index is 2.03. The van der Waals surface area contributed by atoms with E-state index in [2.05, 4.69) is 37.2 Å². The van der Waals surface area contributed by atoms with Crippen LogP contribution >= 0.6 is 31.9 Å². The molecule has 0 heterocycles. The van der Waals surface area contributed by atoms with E-state index >= 15 is 0 Å². The Morgan fingerprint density at radius 1 is 0.962 bits per heavy atom. The van der Waals surface area contributed by atoms with Crippen molar-refractivity contribution in [2.75, 3.05) is 5.32 Å². The summed E-state index contributed by atoms with van der Waals surface area (Å²) in [5.41, 5.74) is 0.607. The van der Waals surface area contributed by atoms with E-state index in [9.17, 15) is 18.0 Å². The van der Waals surface area contributed by atoms with Crippen molar-refractivity contribution >= 4 is 54.2 Å². The molecule has 0 saturated heterocycles. The number of carbonyl (C=O) groups excluding carboxylic acids is 1. The van der Waals surface area contributed by atoms with Gasteiger partial charge in [-0.05, 0) is 57.4 Å². The van der Waals surface area contributed by atoms with Gasteiger partial charge in [-0.3, -0.25) is 4.79 Å². The van der Waals surface area contributed by atoms with E-state index in [1.54, 1.807) is 6.07 Å². The number of rotatable bonds is 2. The summed E-state index contributed by atoms with van der Waals surface area (Å²) >= 11 is 6.10. The maximum Gasteiger partial charge on any atom is 0.417 e. The third-order valence-corrected chi connectivity index (χ3v) is 5.31. The second-order valence-electron chi connectivity index (χ2n) is 5.74. The fourth-order valence-corrected chi connectivity index (χ4v) is 4.02. The standard InChI is InChI=1S/C19H12Br2F3NO/c1-10-6-7-13(12-5-3-2-4-11(10)12)18(26)25-17-8-14(19(22,23)24)15(20)9-16(17)21/h2-9H,1H3,(H,25,26). The van der Waals surface area contributed by atoms with E-state index in [-0.39, 0.29) is 10.2 Å². The number of alkyl halides is 3. The highest BCUT2D eigenvalue weighted by molar-refractivity contribution is 9.11. The topological polar surface area (TPSA) is 29.1 Å². The summed E-state index contributed by atoms with van der Waals surface area (Å²) in [6.07, 6.45) is -4.53. The largest absolute Gasteiger partial charge is 0.417 e. The lowest BCUT2D eigenvalue weighted by Gasteiger charge is -2.15. The van der Waals surface area contributed by atoms with E-state index in [0.717, 1.165) is 22.4 Å². The van der Waals surface area contributed by atoms with Crippen LogP contribution in [-0.4, -0.2) is 5.91 Å². The molecule has 0 aliphatic rings. The Morgan fingerprint density at radius 3 is 2.27 bits per heavy atom. The van der Waals surface area contributed by atoms with Crippen molar-refractivity contribution in [3.63, 3.8) is 0 Å². The predicted molar refractivity (Wildman–Crippen MR) is 103 cm³/mol. The Kier molecular flexibility index (Phi) is 5.12. The van der Waals surface area contributed by atoms with Crippen LogP contribution in [0, 0.1) is 6.92 Å². The lowest BCUT2D eigenvalue weighted by atomic mass is 10.00. The number of nitrogens with one attached hydrogen (secondary N) is 1. The van der Waals surface area contributed by atoms with Crippen molar-refractivity contribution in [3.8, 4) is 0 Å². The zero-order chi connectivity index (χ0) is 19.1. The molecule has 0 aliphatic heterocycles. The minimum Gasteiger partial charge on any atom is -0.321 e. The number of amides is 1. The first-order chi connectivity index (χ1) is 12.2. The Bertz CT molecular complexity index is 1020. The molecule has 0 aliphatic carbocycles. The number of benzene rings is 3. The van der Waals surface area contributed by atoms with Gasteiger partial charge in [0.15, 0.2) is 0 Å². The third kappa shape index (κ3) is 3.64. The molecule has 134 valence electrons. The molecule has 0 saturated carbocycles. The first kappa shape index (κ1) is 18.9.